The number of nitrogens with one attached hydrogen (secondary N) is 1. The SMILES string of the molecule is C=C(C)c1cc(-c2ccc(OCCNC(=O)O)cc2)n(-c2ccc(OC)cc2)n1. The first kappa shape index (κ1) is 20.0. The number of hydrogen-bond acceptors (Lipinski definition) is 4. The summed E-state index contributed by atoms with van der Waals surface area (Å²) in [5, 5.41) is 15.5. The predicted molar refractivity (Wildman–Crippen MR) is 112 cm³/mol. The lowest BCUT2D eigenvalue weighted by Crippen LogP contribution is -2.26. The third-order valence-electron chi connectivity index (χ3n) is 4.26. The second-order valence-electron chi connectivity index (χ2n) is 6.41. The second-order valence-corrected chi connectivity index (χ2v) is 6.41. The molecule has 150 valence electrons. The van der Waals surface area contributed by atoms with Crippen LogP contribution in [0.3, 0.4) is 0 Å². The summed E-state index contributed by atoms with van der Waals surface area (Å²) in [5.41, 5.74) is 4.50. The fraction of sp³-hybridized carbons (Fsp3) is 0.182. The summed E-state index contributed by atoms with van der Waals surface area (Å²) in [6.45, 7) is 6.41. The van der Waals surface area contributed by atoms with E-state index in [-0.39, 0.29) is 13.2 Å². The van der Waals surface area contributed by atoms with Gasteiger partial charge < -0.3 is 19.9 Å². The number of carbonyl (C=O) groups is 1. The molecule has 7 nitrogen and oxygen atoms in total. The van der Waals surface area contributed by atoms with E-state index in [0.29, 0.717) is 5.75 Å². The van der Waals surface area contributed by atoms with Gasteiger partial charge in [-0.3, -0.25) is 0 Å². The molecule has 0 aliphatic rings. The molecule has 0 atom stereocenters. The molecule has 0 aliphatic heterocycles. The van der Waals surface area contributed by atoms with Gasteiger partial charge in [-0.15, -0.1) is 0 Å². The molecule has 0 fully saturated rings. The minimum absolute atomic E-state index is 0.225. The molecule has 0 bridgehead atoms. The smallest absolute Gasteiger partial charge is 0.404 e. The van der Waals surface area contributed by atoms with Crippen molar-refractivity contribution in [1.29, 1.82) is 0 Å². The average molecular weight is 393 g/mol. The zero-order valence-electron chi connectivity index (χ0n) is 16.4. The first-order chi connectivity index (χ1) is 14.0. The largest absolute Gasteiger partial charge is 0.497 e. The van der Waals surface area contributed by atoms with Gasteiger partial charge in [0.15, 0.2) is 0 Å². The lowest BCUT2D eigenvalue weighted by molar-refractivity contribution is 0.191. The van der Waals surface area contributed by atoms with Gasteiger partial charge in [0.1, 0.15) is 18.1 Å². The van der Waals surface area contributed by atoms with Gasteiger partial charge in [-0.25, -0.2) is 9.48 Å². The first-order valence-electron chi connectivity index (χ1n) is 9.08. The van der Waals surface area contributed by atoms with E-state index in [2.05, 4.69) is 11.9 Å². The van der Waals surface area contributed by atoms with E-state index in [0.717, 1.165) is 34.0 Å². The highest BCUT2D eigenvalue weighted by atomic mass is 16.5. The highest BCUT2D eigenvalue weighted by molar-refractivity contribution is 5.69. The zero-order chi connectivity index (χ0) is 20.8. The molecule has 0 aliphatic carbocycles. The molecule has 3 rings (SSSR count). The van der Waals surface area contributed by atoms with Crippen molar-refractivity contribution >= 4 is 11.7 Å². The molecule has 0 unspecified atom stereocenters. The Morgan fingerprint density at radius 2 is 1.79 bits per heavy atom. The molecule has 0 saturated carbocycles. The Kier molecular flexibility index (Phi) is 6.19. The van der Waals surface area contributed by atoms with Crippen molar-refractivity contribution in [2.24, 2.45) is 0 Å². The van der Waals surface area contributed by atoms with Crippen LogP contribution in [0.1, 0.15) is 12.6 Å². The zero-order valence-corrected chi connectivity index (χ0v) is 16.4. The molecule has 0 spiro atoms. The summed E-state index contributed by atoms with van der Waals surface area (Å²) in [6.07, 6.45) is -1.07. The van der Waals surface area contributed by atoms with Crippen molar-refractivity contribution in [2.45, 2.75) is 6.92 Å². The highest BCUT2D eigenvalue weighted by Gasteiger charge is 2.13. The normalized spacial score (nSPS) is 10.4. The molecule has 0 saturated heterocycles. The first-order valence-corrected chi connectivity index (χ1v) is 9.08. The molecular weight excluding hydrogens is 370 g/mol. The van der Waals surface area contributed by atoms with Crippen molar-refractivity contribution < 1.29 is 19.4 Å². The Morgan fingerprint density at radius 3 is 2.38 bits per heavy atom. The van der Waals surface area contributed by atoms with Gasteiger partial charge in [0, 0.05) is 5.56 Å². The van der Waals surface area contributed by atoms with Crippen LogP contribution in [0.25, 0.3) is 22.5 Å². The van der Waals surface area contributed by atoms with E-state index in [9.17, 15) is 4.79 Å². The van der Waals surface area contributed by atoms with Gasteiger partial charge >= 0.3 is 6.09 Å². The third-order valence-corrected chi connectivity index (χ3v) is 4.26. The maximum absolute atomic E-state index is 10.5. The Bertz CT molecular complexity index is 992. The van der Waals surface area contributed by atoms with Crippen LogP contribution in [0.2, 0.25) is 0 Å². The van der Waals surface area contributed by atoms with E-state index in [4.69, 9.17) is 19.7 Å². The number of carboxylic acid groups (broad SMARTS) is 1. The number of benzene rings is 2. The molecule has 2 aromatic carbocycles. The van der Waals surface area contributed by atoms with Crippen molar-refractivity contribution in [3.8, 4) is 28.4 Å². The van der Waals surface area contributed by atoms with E-state index in [1.54, 1.807) is 7.11 Å². The Balaban J connectivity index is 1.85. The molecule has 2 N–H and O–H groups in total. The maximum Gasteiger partial charge on any atom is 0.404 e. The van der Waals surface area contributed by atoms with Crippen LogP contribution in [0.15, 0.2) is 61.2 Å². The van der Waals surface area contributed by atoms with Gasteiger partial charge in [-0.2, -0.15) is 5.10 Å². The second kappa shape index (κ2) is 8.97. The van der Waals surface area contributed by atoms with Crippen LogP contribution in [-0.4, -0.2) is 41.2 Å². The fourth-order valence-corrected chi connectivity index (χ4v) is 2.76. The topological polar surface area (TPSA) is 85.6 Å². The summed E-state index contributed by atoms with van der Waals surface area (Å²) in [6, 6.07) is 17.3. The molecule has 7 heteroatoms. The number of aromatic nitrogens is 2. The number of hydrogen-bond donors (Lipinski definition) is 2. The van der Waals surface area contributed by atoms with Crippen molar-refractivity contribution in [1.82, 2.24) is 15.1 Å². The van der Waals surface area contributed by atoms with Crippen LogP contribution in [0.5, 0.6) is 11.5 Å². The van der Waals surface area contributed by atoms with E-state index < -0.39 is 6.09 Å². The molecule has 1 heterocycles. The van der Waals surface area contributed by atoms with Crippen molar-refractivity contribution in [3.63, 3.8) is 0 Å². The minimum Gasteiger partial charge on any atom is -0.497 e. The summed E-state index contributed by atoms with van der Waals surface area (Å²) >= 11 is 0. The van der Waals surface area contributed by atoms with Crippen LogP contribution >= 0.6 is 0 Å². The lowest BCUT2D eigenvalue weighted by atomic mass is 10.1. The average Bonchev–Trinajstić information content (AvgIpc) is 3.17. The van der Waals surface area contributed by atoms with Crippen LogP contribution in [0, 0.1) is 0 Å². The molecule has 29 heavy (non-hydrogen) atoms. The predicted octanol–water partition coefficient (Wildman–Crippen LogP) is 4.23. The Labute approximate surface area is 169 Å². The van der Waals surface area contributed by atoms with E-state index in [1.165, 1.54) is 0 Å². The van der Waals surface area contributed by atoms with Crippen LogP contribution in [-0.2, 0) is 0 Å². The van der Waals surface area contributed by atoms with Crippen molar-refractivity contribution in [3.05, 3.63) is 66.9 Å². The maximum atomic E-state index is 10.5. The molecular formula is C22H23N3O4. The highest BCUT2D eigenvalue weighted by Crippen LogP contribution is 2.28. The van der Waals surface area contributed by atoms with Gasteiger partial charge in [0.2, 0.25) is 0 Å². The monoisotopic (exact) mass is 393 g/mol. The standard InChI is InChI=1S/C22H23N3O4/c1-15(2)20-14-21(25(24-20)17-6-10-18(28-3)11-7-17)16-4-8-19(9-5-16)29-13-12-23-22(26)27/h4-11,14,23H,1,12-13H2,2-3H3,(H,26,27). The van der Waals surface area contributed by atoms with Gasteiger partial charge in [0.05, 0.1) is 30.7 Å². The number of ether oxygens (including phenoxy) is 2. The quantitative estimate of drug-likeness (QED) is 0.560. The number of amides is 1. The fourth-order valence-electron chi connectivity index (χ4n) is 2.76. The summed E-state index contributed by atoms with van der Waals surface area (Å²) in [7, 11) is 1.63. The van der Waals surface area contributed by atoms with Crippen LogP contribution in [0.4, 0.5) is 4.79 Å². The number of rotatable bonds is 8. The van der Waals surface area contributed by atoms with Gasteiger partial charge in [-0.05, 0) is 67.1 Å². The molecule has 3 aromatic rings. The van der Waals surface area contributed by atoms with Gasteiger partial charge in [0.25, 0.3) is 0 Å². The number of allylic oxidation sites excluding steroid dienone is 1. The lowest BCUT2D eigenvalue weighted by Gasteiger charge is -2.10. The Morgan fingerprint density at radius 1 is 1.14 bits per heavy atom. The summed E-state index contributed by atoms with van der Waals surface area (Å²) in [5.74, 6) is 1.44. The number of methoxy groups -OCH3 is 1. The third kappa shape index (κ3) is 4.95. The number of nitrogens with zero attached hydrogens (tertiary/aromatic N) is 2. The summed E-state index contributed by atoms with van der Waals surface area (Å²) in [4.78, 5) is 10.5. The molecule has 1 amide bonds. The van der Waals surface area contributed by atoms with E-state index >= 15 is 0 Å². The van der Waals surface area contributed by atoms with E-state index in [1.807, 2.05) is 66.2 Å². The minimum atomic E-state index is -1.07. The summed E-state index contributed by atoms with van der Waals surface area (Å²) < 4.78 is 12.7. The Hall–Kier alpha value is -3.74. The van der Waals surface area contributed by atoms with Crippen LogP contribution < -0.4 is 14.8 Å². The van der Waals surface area contributed by atoms with Gasteiger partial charge in [-0.1, -0.05) is 6.58 Å². The molecule has 0 radical (unpaired) electrons. The molecule has 1 aromatic heterocycles. The van der Waals surface area contributed by atoms with Crippen molar-refractivity contribution in [2.75, 3.05) is 20.3 Å².